The molecule has 0 bridgehead atoms. The number of allylic oxidation sites excluding steroid dienone is 2. The zero-order valence-electron chi connectivity index (χ0n) is 16.2. The zero-order valence-corrected chi connectivity index (χ0v) is 16.2. The number of nitrogens with one attached hydrogen (secondary N) is 1. The number of rotatable bonds is 4. The molecule has 1 N–H and O–H groups in total. The van der Waals surface area contributed by atoms with Crippen LogP contribution in [-0.4, -0.2) is 22.6 Å². The van der Waals surface area contributed by atoms with Gasteiger partial charge < -0.3 is 5.32 Å². The molecule has 2 aromatic carbocycles. The maximum Gasteiger partial charge on any atom is 0.269 e. The second kappa shape index (κ2) is 7.55. The molecule has 4 rings (SSSR count). The Morgan fingerprint density at radius 2 is 1.63 bits per heavy atom. The highest BCUT2D eigenvalue weighted by Crippen LogP contribution is 2.37. The van der Waals surface area contributed by atoms with Gasteiger partial charge in [0.05, 0.1) is 22.4 Å². The van der Waals surface area contributed by atoms with E-state index in [4.69, 9.17) is 0 Å². The number of nitrogens with zero attached hydrogens (tertiary/aromatic N) is 2. The van der Waals surface area contributed by atoms with E-state index in [9.17, 15) is 24.5 Å². The van der Waals surface area contributed by atoms with Crippen LogP contribution in [0, 0.1) is 28.9 Å². The largest absolute Gasteiger partial charge is 0.322 e. The lowest BCUT2D eigenvalue weighted by Gasteiger charge is -2.15. The summed E-state index contributed by atoms with van der Waals surface area (Å²) in [5.74, 6) is -1.41. The molecule has 1 saturated heterocycles. The SMILES string of the molecule is Cc1cc([N+](=O)[O-])ccc1NC(=O)c1ccc(N2C(=O)C3CC=CCC3C2=O)cc1. The fraction of sp³-hybridized carbons (Fsp3) is 0.227. The summed E-state index contributed by atoms with van der Waals surface area (Å²) >= 11 is 0. The van der Waals surface area contributed by atoms with Crippen molar-refractivity contribution in [1.29, 1.82) is 0 Å². The molecule has 2 atom stereocenters. The van der Waals surface area contributed by atoms with Gasteiger partial charge in [0.15, 0.2) is 0 Å². The topological polar surface area (TPSA) is 110 Å². The first-order valence-corrected chi connectivity index (χ1v) is 9.56. The third kappa shape index (κ3) is 3.36. The van der Waals surface area contributed by atoms with Gasteiger partial charge in [-0.05, 0) is 55.7 Å². The second-order valence-electron chi connectivity index (χ2n) is 7.43. The van der Waals surface area contributed by atoms with Gasteiger partial charge >= 0.3 is 0 Å². The van der Waals surface area contributed by atoms with Crippen molar-refractivity contribution in [3.05, 3.63) is 75.9 Å². The van der Waals surface area contributed by atoms with Crippen molar-refractivity contribution in [2.24, 2.45) is 11.8 Å². The lowest BCUT2D eigenvalue weighted by molar-refractivity contribution is -0.384. The number of aryl methyl sites for hydroxylation is 1. The standard InChI is InChI=1S/C22H19N3O5/c1-13-12-16(25(29)30)10-11-19(13)23-20(26)14-6-8-15(9-7-14)24-21(27)17-4-2-3-5-18(17)22(24)28/h2-3,6-12,17-18H,4-5H2,1H3,(H,23,26). The molecule has 3 amide bonds. The minimum absolute atomic E-state index is 0.0504. The molecule has 2 aromatic rings. The Kier molecular flexibility index (Phi) is 4.91. The van der Waals surface area contributed by atoms with Crippen LogP contribution in [0.1, 0.15) is 28.8 Å². The van der Waals surface area contributed by atoms with E-state index in [1.165, 1.54) is 23.1 Å². The van der Waals surface area contributed by atoms with E-state index >= 15 is 0 Å². The molecule has 8 heteroatoms. The highest BCUT2D eigenvalue weighted by atomic mass is 16.6. The van der Waals surface area contributed by atoms with Crippen molar-refractivity contribution in [2.75, 3.05) is 10.2 Å². The molecule has 1 aliphatic heterocycles. The molecule has 30 heavy (non-hydrogen) atoms. The Bertz CT molecular complexity index is 1060. The average molecular weight is 405 g/mol. The monoisotopic (exact) mass is 405 g/mol. The van der Waals surface area contributed by atoms with Crippen LogP contribution < -0.4 is 10.2 Å². The summed E-state index contributed by atoms with van der Waals surface area (Å²) < 4.78 is 0. The van der Waals surface area contributed by atoms with Crippen molar-refractivity contribution < 1.29 is 19.3 Å². The Hall–Kier alpha value is -3.81. The van der Waals surface area contributed by atoms with Gasteiger partial charge in [0.25, 0.3) is 11.6 Å². The summed E-state index contributed by atoms with van der Waals surface area (Å²) in [6.45, 7) is 1.67. The summed E-state index contributed by atoms with van der Waals surface area (Å²) in [6.07, 6.45) is 5.01. The van der Waals surface area contributed by atoms with E-state index in [2.05, 4.69) is 5.32 Å². The van der Waals surface area contributed by atoms with Crippen LogP contribution in [0.3, 0.4) is 0 Å². The predicted molar refractivity (Wildman–Crippen MR) is 110 cm³/mol. The van der Waals surface area contributed by atoms with Crippen LogP contribution in [0.5, 0.6) is 0 Å². The van der Waals surface area contributed by atoms with Crippen molar-refractivity contribution in [2.45, 2.75) is 19.8 Å². The van der Waals surface area contributed by atoms with Gasteiger partial charge in [0.2, 0.25) is 11.8 Å². The number of carbonyl (C=O) groups is 3. The third-order valence-electron chi connectivity index (χ3n) is 5.56. The molecule has 2 aliphatic rings. The van der Waals surface area contributed by atoms with Crippen molar-refractivity contribution >= 4 is 34.8 Å². The number of hydrogen-bond acceptors (Lipinski definition) is 5. The first-order valence-electron chi connectivity index (χ1n) is 9.56. The number of amides is 3. The summed E-state index contributed by atoms with van der Waals surface area (Å²) in [6, 6.07) is 10.5. The maximum absolute atomic E-state index is 12.7. The van der Waals surface area contributed by atoms with E-state index < -0.39 is 10.8 Å². The number of nitro groups is 1. The fourth-order valence-electron chi connectivity index (χ4n) is 3.91. The minimum atomic E-state index is -0.496. The Balaban J connectivity index is 1.50. The highest BCUT2D eigenvalue weighted by molar-refractivity contribution is 6.22. The smallest absolute Gasteiger partial charge is 0.269 e. The minimum Gasteiger partial charge on any atom is -0.322 e. The van der Waals surface area contributed by atoms with Gasteiger partial charge in [-0.15, -0.1) is 0 Å². The molecule has 8 nitrogen and oxygen atoms in total. The van der Waals surface area contributed by atoms with Gasteiger partial charge in [0, 0.05) is 23.4 Å². The van der Waals surface area contributed by atoms with Crippen LogP contribution in [0.2, 0.25) is 0 Å². The number of benzene rings is 2. The predicted octanol–water partition coefficient (Wildman–Crippen LogP) is 3.61. The number of fused-ring (bicyclic) bond motifs is 1. The van der Waals surface area contributed by atoms with Gasteiger partial charge in [-0.25, -0.2) is 0 Å². The van der Waals surface area contributed by atoms with Gasteiger partial charge in [-0.2, -0.15) is 0 Å². The summed E-state index contributed by atoms with van der Waals surface area (Å²) in [4.78, 5) is 49.4. The number of hydrogen-bond donors (Lipinski definition) is 1. The molecule has 0 aromatic heterocycles. The van der Waals surface area contributed by atoms with Crippen LogP contribution >= 0.6 is 0 Å². The molecule has 1 heterocycles. The number of anilines is 2. The first kappa shape index (κ1) is 19.5. The summed E-state index contributed by atoms with van der Waals surface area (Å²) in [7, 11) is 0. The molecule has 1 aliphatic carbocycles. The van der Waals surface area contributed by atoms with Crippen molar-refractivity contribution in [3.63, 3.8) is 0 Å². The fourth-order valence-corrected chi connectivity index (χ4v) is 3.91. The molecule has 0 radical (unpaired) electrons. The normalized spacial score (nSPS) is 20.2. The number of nitro benzene ring substituents is 1. The van der Waals surface area contributed by atoms with Gasteiger partial charge in [-0.3, -0.25) is 29.4 Å². The van der Waals surface area contributed by atoms with E-state index in [0.717, 1.165) is 0 Å². The molecule has 0 spiro atoms. The van der Waals surface area contributed by atoms with Crippen LogP contribution in [-0.2, 0) is 9.59 Å². The Labute approximate surface area is 172 Å². The Morgan fingerprint density at radius 3 is 2.17 bits per heavy atom. The summed E-state index contributed by atoms with van der Waals surface area (Å²) in [5, 5.41) is 13.6. The van der Waals surface area contributed by atoms with Crippen molar-refractivity contribution in [3.8, 4) is 0 Å². The number of carbonyl (C=O) groups excluding carboxylic acids is 3. The van der Waals surface area contributed by atoms with E-state index in [1.807, 2.05) is 12.2 Å². The first-order chi connectivity index (χ1) is 14.4. The van der Waals surface area contributed by atoms with Gasteiger partial charge in [0.1, 0.15) is 0 Å². The molecule has 0 saturated carbocycles. The van der Waals surface area contributed by atoms with Gasteiger partial charge in [-0.1, -0.05) is 12.2 Å². The third-order valence-corrected chi connectivity index (χ3v) is 5.56. The van der Waals surface area contributed by atoms with Crippen LogP contribution in [0.4, 0.5) is 17.1 Å². The summed E-state index contributed by atoms with van der Waals surface area (Å²) in [5.41, 5.74) is 1.78. The average Bonchev–Trinajstić information content (AvgIpc) is 3.00. The van der Waals surface area contributed by atoms with E-state index in [-0.39, 0.29) is 29.3 Å². The molecule has 2 unspecified atom stereocenters. The molecule has 152 valence electrons. The second-order valence-corrected chi connectivity index (χ2v) is 7.43. The zero-order chi connectivity index (χ0) is 21.4. The number of non-ortho nitro benzene ring substituents is 1. The maximum atomic E-state index is 12.7. The highest BCUT2D eigenvalue weighted by Gasteiger charge is 2.47. The number of imide groups is 1. The van der Waals surface area contributed by atoms with E-state index in [0.29, 0.717) is 35.3 Å². The molecular formula is C22H19N3O5. The van der Waals surface area contributed by atoms with Crippen LogP contribution in [0.15, 0.2) is 54.6 Å². The Morgan fingerprint density at radius 1 is 1.03 bits per heavy atom. The molecule has 1 fully saturated rings. The van der Waals surface area contributed by atoms with Crippen LogP contribution in [0.25, 0.3) is 0 Å². The quantitative estimate of drug-likeness (QED) is 0.362. The molecular weight excluding hydrogens is 386 g/mol. The lowest BCUT2D eigenvalue weighted by Crippen LogP contribution is -2.30. The van der Waals surface area contributed by atoms with E-state index in [1.54, 1.807) is 31.2 Å². The van der Waals surface area contributed by atoms with Crippen molar-refractivity contribution in [1.82, 2.24) is 0 Å². The lowest BCUT2D eigenvalue weighted by atomic mass is 9.85.